The van der Waals surface area contributed by atoms with E-state index in [-0.39, 0.29) is 0 Å². The number of rotatable bonds is 6. The van der Waals surface area contributed by atoms with Crippen LogP contribution in [0.4, 0.5) is 10.2 Å². The smallest absolute Gasteiger partial charge is 0.152 e. The molecule has 2 N–H and O–H groups in total. The average Bonchev–Trinajstić information content (AvgIpc) is 3.13. The van der Waals surface area contributed by atoms with Crippen LogP contribution in [0.1, 0.15) is 55.7 Å². The van der Waals surface area contributed by atoms with Gasteiger partial charge in [-0.2, -0.15) is 0 Å². The van der Waals surface area contributed by atoms with Crippen LogP contribution in [-0.2, 0) is 19.5 Å². The number of methoxy groups -OCH3 is 1. The number of nitrogens with zero attached hydrogens (tertiary/aromatic N) is 4. The number of benzene rings is 1. The largest absolute Gasteiger partial charge is 0.497 e. The number of halogens is 1. The number of aryl methyl sites for hydroxylation is 1. The molecule has 0 saturated carbocycles. The van der Waals surface area contributed by atoms with Crippen molar-refractivity contribution >= 4 is 5.82 Å². The van der Waals surface area contributed by atoms with Gasteiger partial charge < -0.3 is 15.4 Å². The van der Waals surface area contributed by atoms with E-state index < -0.39 is 5.67 Å². The molecule has 4 heterocycles. The Morgan fingerprint density at radius 3 is 2.59 bits per heavy atom. The Balaban J connectivity index is 1.16. The van der Waals surface area contributed by atoms with Gasteiger partial charge in [0, 0.05) is 57.2 Å². The predicted molar refractivity (Wildman–Crippen MR) is 147 cm³/mol. The third-order valence-electron chi connectivity index (χ3n) is 8.63. The molecule has 0 unspecified atom stereocenters. The average molecular weight is 508 g/mol. The van der Waals surface area contributed by atoms with Gasteiger partial charge in [0.25, 0.3) is 0 Å². The van der Waals surface area contributed by atoms with Gasteiger partial charge >= 0.3 is 0 Å². The number of hydrogen-bond donors (Lipinski definition) is 1. The molecule has 3 aliphatic rings. The molecule has 1 aromatic heterocycles. The van der Waals surface area contributed by atoms with Crippen LogP contribution in [0, 0.1) is 0 Å². The molecule has 0 atom stereocenters. The van der Waals surface area contributed by atoms with E-state index in [0.29, 0.717) is 24.7 Å². The first kappa shape index (κ1) is 26.0. The summed E-state index contributed by atoms with van der Waals surface area (Å²) >= 11 is 0. The van der Waals surface area contributed by atoms with Crippen molar-refractivity contribution < 1.29 is 9.13 Å². The first-order valence-electron chi connectivity index (χ1n) is 13.9. The highest BCUT2D eigenvalue weighted by Crippen LogP contribution is 2.38. The maximum atomic E-state index is 16.4. The van der Waals surface area contributed by atoms with E-state index in [1.54, 1.807) is 13.3 Å². The number of piperidine rings is 2. The highest BCUT2D eigenvalue weighted by molar-refractivity contribution is 5.36. The van der Waals surface area contributed by atoms with Crippen molar-refractivity contribution in [1.82, 2.24) is 19.7 Å². The number of nitrogens with two attached hydrogens (primary N) is 1. The van der Waals surface area contributed by atoms with E-state index >= 15 is 4.39 Å². The summed E-state index contributed by atoms with van der Waals surface area (Å²) in [5.74, 6) is 1.48. The standard InChI is InChI=1S/C30H42FN5O/c1-3-28(30(31)11-17-34(18-12-30)21-23-8-13-33-29(32)19-23)35-15-9-26(10-16-35)36-14-4-5-24-6-7-27(37-2)20-25(24)22-36/h3,6-8,13,19-20,26H,4-5,9-12,14-18,21-22H2,1-2H3,(H2,32,33). The molecule has 2 fully saturated rings. The molecule has 0 radical (unpaired) electrons. The van der Waals surface area contributed by atoms with Gasteiger partial charge in [0.2, 0.25) is 0 Å². The van der Waals surface area contributed by atoms with Crippen LogP contribution in [0.2, 0.25) is 0 Å². The number of fused-ring (bicyclic) bond motifs is 1. The summed E-state index contributed by atoms with van der Waals surface area (Å²) in [7, 11) is 1.74. The molecular formula is C30H42FN5O. The SMILES string of the molecule is CC=C(N1CCC(N2CCCc3ccc(OC)cc3C2)CC1)C1(F)CCN(Cc2ccnc(N)c2)CC1. The second kappa shape index (κ2) is 11.4. The van der Waals surface area contributed by atoms with Crippen molar-refractivity contribution in [3.05, 3.63) is 65.0 Å². The van der Waals surface area contributed by atoms with Crippen LogP contribution in [0.3, 0.4) is 0 Å². The number of aromatic nitrogens is 1. The number of alkyl halides is 1. The van der Waals surface area contributed by atoms with Crippen molar-refractivity contribution in [2.45, 2.75) is 70.2 Å². The molecule has 200 valence electrons. The quantitative estimate of drug-likeness (QED) is 0.607. The molecular weight excluding hydrogens is 465 g/mol. The number of anilines is 1. The molecule has 0 aliphatic carbocycles. The molecule has 6 nitrogen and oxygen atoms in total. The van der Waals surface area contributed by atoms with Crippen LogP contribution >= 0.6 is 0 Å². The monoisotopic (exact) mass is 507 g/mol. The molecule has 5 rings (SSSR count). The van der Waals surface area contributed by atoms with Crippen molar-refractivity contribution in [3.8, 4) is 5.75 Å². The topological polar surface area (TPSA) is 57.9 Å². The molecule has 2 aromatic rings. The van der Waals surface area contributed by atoms with Gasteiger partial charge in [0.15, 0.2) is 5.67 Å². The molecule has 37 heavy (non-hydrogen) atoms. The summed E-state index contributed by atoms with van der Waals surface area (Å²) in [5, 5.41) is 0. The summed E-state index contributed by atoms with van der Waals surface area (Å²) in [6, 6.07) is 11.0. The van der Waals surface area contributed by atoms with Crippen molar-refractivity contribution in [2.75, 3.05) is 45.6 Å². The summed E-state index contributed by atoms with van der Waals surface area (Å²) < 4.78 is 21.8. The minimum absolute atomic E-state index is 0.540. The summed E-state index contributed by atoms with van der Waals surface area (Å²) in [6.45, 7) is 8.28. The number of hydrogen-bond acceptors (Lipinski definition) is 6. The van der Waals surface area contributed by atoms with Crippen LogP contribution in [0.25, 0.3) is 0 Å². The van der Waals surface area contributed by atoms with Gasteiger partial charge in [-0.15, -0.1) is 0 Å². The highest BCUT2D eigenvalue weighted by atomic mass is 19.1. The lowest BCUT2D eigenvalue weighted by Crippen LogP contribution is -2.50. The van der Waals surface area contributed by atoms with E-state index in [9.17, 15) is 0 Å². The van der Waals surface area contributed by atoms with Gasteiger partial charge in [-0.25, -0.2) is 9.37 Å². The van der Waals surface area contributed by atoms with E-state index in [1.807, 2.05) is 25.1 Å². The maximum absolute atomic E-state index is 16.4. The lowest BCUT2D eigenvalue weighted by molar-refractivity contribution is 0.0436. The van der Waals surface area contributed by atoms with Crippen LogP contribution < -0.4 is 10.5 Å². The van der Waals surface area contributed by atoms with E-state index in [2.05, 4.69) is 37.9 Å². The van der Waals surface area contributed by atoms with Crippen molar-refractivity contribution in [2.24, 2.45) is 0 Å². The summed E-state index contributed by atoms with van der Waals surface area (Å²) in [6.07, 6.45) is 9.36. The van der Waals surface area contributed by atoms with Crippen LogP contribution in [0.15, 0.2) is 48.3 Å². The number of likely N-dealkylation sites (tertiary alicyclic amines) is 2. The van der Waals surface area contributed by atoms with Crippen LogP contribution in [-0.4, -0.2) is 71.2 Å². The Hall–Kier alpha value is -2.64. The van der Waals surface area contributed by atoms with E-state index in [1.165, 1.54) is 17.5 Å². The molecule has 1 aromatic carbocycles. The Morgan fingerprint density at radius 1 is 1.11 bits per heavy atom. The summed E-state index contributed by atoms with van der Waals surface area (Å²) in [5.41, 5.74) is 9.49. The lowest BCUT2D eigenvalue weighted by Gasteiger charge is -2.45. The Morgan fingerprint density at radius 2 is 1.89 bits per heavy atom. The third-order valence-corrected chi connectivity index (χ3v) is 8.63. The maximum Gasteiger partial charge on any atom is 0.152 e. The number of ether oxygens (including phenoxy) is 1. The fraction of sp³-hybridized carbons (Fsp3) is 0.567. The van der Waals surface area contributed by atoms with Crippen molar-refractivity contribution in [3.63, 3.8) is 0 Å². The van der Waals surface area contributed by atoms with Gasteiger partial charge in [-0.1, -0.05) is 12.1 Å². The molecule has 3 aliphatic heterocycles. The molecule has 7 heteroatoms. The lowest BCUT2D eigenvalue weighted by atomic mass is 9.87. The normalized spacial score (nSPS) is 21.9. The third kappa shape index (κ3) is 5.93. The second-order valence-electron chi connectivity index (χ2n) is 10.9. The zero-order chi connectivity index (χ0) is 25.8. The van der Waals surface area contributed by atoms with Gasteiger partial charge in [-0.05, 0) is 92.9 Å². The van der Waals surface area contributed by atoms with Gasteiger partial charge in [-0.3, -0.25) is 9.80 Å². The Kier molecular flexibility index (Phi) is 8.01. The zero-order valence-corrected chi connectivity index (χ0v) is 22.5. The van der Waals surface area contributed by atoms with Crippen LogP contribution in [0.5, 0.6) is 5.75 Å². The number of allylic oxidation sites excluding steroid dienone is 2. The molecule has 0 amide bonds. The zero-order valence-electron chi connectivity index (χ0n) is 22.5. The first-order valence-corrected chi connectivity index (χ1v) is 13.9. The second-order valence-corrected chi connectivity index (χ2v) is 10.9. The Bertz CT molecular complexity index is 1090. The molecule has 0 bridgehead atoms. The first-order chi connectivity index (χ1) is 18.0. The summed E-state index contributed by atoms with van der Waals surface area (Å²) in [4.78, 5) is 11.4. The fourth-order valence-electron chi connectivity index (χ4n) is 6.57. The highest BCUT2D eigenvalue weighted by Gasteiger charge is 2.41. The number of pyridine rings is 1. The molecule has 0 spiro atoms. The van der Waals surface area contributed by atoms with Crippen molar-refractivity contribution in [1.29, 1.82) is 0 Å². The minimum Gasteiger partial charge on any atom is -0.497 e. The van der Waals surface area contributed by atoms with Gasteiger partial charge in [0.05, 0.1) is 7.11 Å². The predicted octanol–water partition coefficient (Wildman–Crippen LogP) is 4.79. The number of nitrogen functional groups attached to an aromatic ring is 1. The Labute approximate surface area is 221 Å². The molecule has 2 saturated heterocycles. The van der Waals surface area contributed by atoms with E-state index in [4.69, 9.17) is 10.5 Å². The fourth-order valence-corrected chi connectivity index (χ4v) is 6.57. The minimum atomic E-state index is -1.24. The van der Waals surface area contributed by atoms with Gasteiger partial charge in [0.1, 0.15) is 11.6 Å². The van der Waals surface area contributed by atoms with E-state index in [0.717, 1.165) is 82.1 Å².